The van der Waals surface area contributed by atoms with Crippen LogP contribution in [0.25, 0.3) is 0 Å². The van der Waals surface area contributed by atoms with E-state index in [0.717, 1.165) is 12.2 Å². The van der Waals surface area contributed by atoms with Gasteiger partial charge in [-0.2, -0.15) is 11.8 Å². The number of amides is 1. The minimum absolute atomic E-state index is 0.515. The van der Waals surface area contributed by atoms with E-state index in [4.69, 9.17) is 0 Å². The molecule has 0 bridgehead atoms. The van der Waals surface area contributed by atoms with Crippen molar-refractivity contribution >= 4 is 24.1 Å². The molecule has 1 saturated heterocycles. The summed E-state index contributed by atoms with van der Waals surface area (Å²) in [6.45, 7) is 2.46. The van der Waals surface area contributed by atoms with E-state index in [1.807, 2.05) is 6.92 Å². The zero-order valence-corrected chi connectivity index (χ0v) is 9.05. The summed E-state index contributed by atoms with van der Waals surface area (Å²) in [5.41, 5.74) is -0.942. The Labute approximate surface area is 87.7 Å². The van der Waals surface area contributed by atoms with Crippen LogP contribution >= 0.6 is 11.8 Å². The highest BCUT2D eigenvalue weighted by Crippen LogP contribution is 2.33. The largest absolute Gasteiger partial charge is 0.479 e. The van der Waals surface area contributed by atoms with Crippen LogP contribution < -0.4 is 0 Å². The van der Waals surface area contributed by atoms with E-state index in [-0.39, 0.29) is 0 Å². The third kappa shape index (κ3) is 1.87. The normalized spacial score (nSPS) is 26.1. The molecule has 1 rings (SSSR count). The maximum Gasteiger partial charge on any atom is 0.330 e. The monoisotopic (exact) mass is 217 g/mol. The molecule has 1 aliphatic rings. The average molecular weight is 217 g/mol. The molecule has 0 radical (unpaired) electrons. The van der Waals surface area contributed by atoms with Crippen LogP contribution in [-0.4, -0.2) is 46.0 Å². The summed E-state index contributed by atoms with van der Waals surface area (Å²) in [7, 11) is 0. The van der Waals surface area contributed by atoms with Gasteiger partial charge in [0, 0.05) is 12.3 Å². The molecule has 14 heavy (non-hydrogen) atoms. The Morgan fingerprint density at radius 1 is 1.71 bits per heavy atom. The fourth-order valence-corrected chi connectivity index (χ4v) is 3.08. The number of rotatable bonds is 5. The van der Waals surface area contributed by atoms with E-state index in [2.05, 4.69) is 0 Å². The molecule has 1 unspecified atom stereocenters. The van der Waals surface area contributed by atoms with Crippen LogP contribution in [0, 0.1) is 0 Å². The third-order valence-electron chi connectivity index (χ3n) is 2.54. The van der Waals surface area contributed by atoms with Gasteiger partial charge in [0.1, 0.15) is 5.54 Å². The number of carbonyl (C=O) groups is 2. The number of nitrogens with zero attached hydrogens (tertiary/aromatic N) is 1. The zero-order valence-electron chi connectivity index (χ0n) is 8.23. The van der Waals surface area contributed by atoms with Crippen molar-refractivity contribution in [2.75, 3.05) is 18.1 Å². The van der Waals surface area contributed by atoms with Gasteiger partial charge in [0.2, 0.25) is 6.41 Å². The summed E-state index contributed by atoms with van der Waals surface area (Å²) in [6.07, 6.45) is 2.02. The van der Waals surface area contributed by atoms with E-state index in [1.54, 1.807) is 11.8 Å². The van der Waals surface area contributed by atoms with Crippen LogP contribution in [0.1, 0.15) is 19.8 Å². The van der Waals surface area contributed by atoms with Gasteiger partial charge in [-0.05, 0) is 18.6 Å². The Morgan fingerprint density at radius 2 is 2.43 bits per heavy atom. The van der Waals surface area contributed by atoms with Crippen LogP contribution in [0.2, 0.25) is 0 Å². The molecule has 0 spiro atoms. The van der Waals surface area contributed by atoms with Crippen LogP contribution in [0.15, 0.2) is 0 Å². The topological polar surface area (TPSA) is 57.6 Å². The molecule has 0 aromatic rings. The summed E-state index contributed by atoms with van der Waals surface area (Å²) >= 11 is 1.60. The van der Waals surface area contributed by atoms with Crippen LogP contribution in [0.3, 0.4) is 0 Å². The Bertz CT molecular complexity index is 226. The van der Waals surface area contributed by atoms with Gasteiger partial charge >= 0.3 is 5.97 Å². The maximum absolute atomic E-state index is 11.2. The molecule has 1 aliphatic heterocycles. The Balaban J connectivity index is 2.84. The molecule has 0 saturated carbocycles. The summed E-state index contributed by atoms with van der Waals surface area (Å²) in [6, 6.07) is 0. The fourth-order valence-electron chi connectivity index (χ4n) is 1.68. The van der Waals surface area contributed by atoms with Crippen molar-refractivity contribution in [3.05, 3.63) is 0 Å². The van der Waals surface area contributed by atoms with E-state index in [9.17, 15) is 14.7 Å². The van der Waals surface area contributed by atoms with Crippen molar-refractivity contribution in [2.45, 2.75) is 25.3 Å². The van der Waals surface area contributed by atoms with E-state index in [0.29, 0.717) is 25.1 Å². The molecule has 0 aromatic heterocycles. The quantitative estimate of drug-likeness (QED) is 0.692. The lowest BCUT2D eigenvalue weighted by molar-refractivity contribution is -0.153. The molecule has 0 aromatic carbocycles. The molecule has 0 aliphatic carbocycles. The van der Waals surface area contributed by atoms with Crippen molar-refractivity contribution < 1.29 is 14.7 Å². The first-order valence-corrected chi connectivity index (χ1v) is 5.86. The van der Waals surface area contributed by atoms with E-state index < -0.39 is 11.5 Å². The van der Waals surface area contributed by atoms with Crippen molar-refractivity contribution in [1.82, 2.24) is 4.90 Å². The SMILES string of the molecule is CCCN(C=O)C1(C(=O)O)CCSC1. The number of carboxylic acid groups (broad SMARTS) is 1. The predicted octanol–water partition coefficient (Wildman–Crippen LogP) is 0.815. The molecule has 1 fully saturated rings. The fraction of sp³-hybridized carbons (Fsp3) is 0.778. The minimum Gasteiger partial charge on any atom is -0.479 e. The summed E-state index contributed by atoms with van der Waals surface area (Å²) in [5, 5.41) is 9.18. The smallest absolute Gasteiger partial charge is 0.330 e. The molecule has 1 amide bonds. The minimum atomic E-state index is -0.942. The molecule has 80 valence electrons. The van der Waals surface area contributed by atoms with Crippen molar-refractivity contribution in [3.63, 3.8) is 0 Å². The Morgan fingerprint density at radius 3 is 2.79 bits per heavy atom. The average Bonchev–Trinajstić information content (AvgIpc) is 2.64. The Kier molecular flexibility index (Phi) is 3.80. The van der Waals surface area contributed by atoms with E-state index in [1.165, 1.54) is 4.90 Å². The Hall–Kier alpha value is -0.710. The van der Waals surface area contributed by atoms with Gasteiger partial charge in [0.15, 0.2) is 0 Å². The number of carboxylic acids is 1. The van der Waals surface area contributed by atoms with Crippen LogP contribution in [0.5, 0.6) is 0 Å². The summed E-state index contributed by atoms with van der Waals surface area (Å²) in [5.74, 6) is 0.463. The second kappa shape index (κ2) is 4.68. The third-order valence-corrected chi connectivity index (χ3v) is 3.71. The summed E-state index contributed by atoms with van der Waals surface area (Å²) < 4.78 is 0. The first-order chi connectivity index (χ1) is 6.67. The second-order valence-electron chi connectivity index (χ2n) is 3.44. The van der Waals surface area contributed by atoms with Gasteiger partial charge in [-0.3, -0.25) is 4.79 Å². The van der Waals surface area contributed by atoms with Gasteiger partial charge in [-0.25, -0.2) is 4.79 Å². The first kappa shape index (κ1) is 11.4. The number of thioether (sulfide) groups is 1. The highest BCUT2D eigenvalue weighted by atomic mass is 32.2. The number of aliphatic carboxylic acids is 1. The van der Waals surface area contributed by atoms with Gasteiger partial charge in [0.05, 0.1) is 0 Å². The standard InChI is InChI=1S/C9H15NO3S/c1-2-4-10(7-11)9(8(12)13)3-5-14-6-9/h7H,2-6H2,1H3,(H,12,13). The molecular weight excluding hydrogens is 202 g/mol. The lowest BCUT2D eigenvalue weighted by Gasteiger charge is -2.34. The molecular formula is C9H15NO3S. The summed E-state index contributed by atoms with van der Waals surface area (Å²) in [4.78, 5) is 23.5. The van der Waals surface area contributed by atoms with Gasteiger partial charge in [-0.1, -0.05) is 6.92 Å². The zero-order chi connectivity index (χ0) is 10.6. The molecule has 1 heterocycles. The number of hydrogen-bond donors (Lipinski definition) is 1. The maximum atomic E-state index is 11.2. The van der Waals surface area contributed by atoms with Crippen molar-refractivity contribution in [3.8, 4) is 0 Å². The van der Waals surface area contributed by atoms with Gasteiger partial charge in [-0.15, -0.1) is 0 Å². The lowest BCUT2D eigenvalue weighted by Crippen LogP contribution is -2.54. The molecule has 4 nitrogen and oxygen atoms in total. The van der Waals surface area contributed by atoms with Crippen molar-refractivity contribution in [2.24, 2.45) is 0 Å². The van der Waals surface area contributed by atoms with Crippen LogP contribution in [-0.2, 0) is 9.59 Å². The lowest BCUT2D eigenvalue weighted by atomic mass is 9.97. The predicted molar refractivity (Wildman–Crippen MR) is 55.4 cm³/mol. The highest BCUT2D eigenvalue weighted by molar-refractivity contribution is 7.99. The van der Waals surface area contributed by atoms with E-state index >= 15 is 0 Å². The number of hydrogen-bond acceptors (Lipinski definition) is 3. The van der Waals surface area contributed by atoms with Gasteiger partial charge < -0.3 is 10.0 Å². The van der Waals surface area contributed by atoms with Crippen LogP contribution in [0.4, 0.5) is 0 Å². The van der Waals surface area contributed by atoms with Crippen molar-refractivity contribution in [1.29, 1.82) is 0 Å². The first-order valence-electron chi connectivity index (χ1n) is 4.70. The molecule has 1 atom stereocenters. The number of carbonyl (C=O) groups excluding carboxylic acids is 1. The molecule has 5 heteroatoms. The highest BCUT2D eigenvalue weighted by Gasteiger charge is 2.46. The second-order valence-corrected chi connectivity index (χ2v) is 4.54. The van der Waals surface area contributed by atoms with Gasteiger partial charge in [0.25, 0.3) is 0 Å². The molecule has 1 N–H and O–H groups in total.